The summed E-state index contributed by atoms with van der Waals surface area (Å²) in [6.45, 7) is 5.42. The van der Waals surface area contributed by atoms with Gasteiger partial charge in [0.15, 0.2) is 5.96 Å². The molecule has 3 N–H and O–H groups in total. The molecule has 1 heterocycles. The molecule has 1 aromatic rings. The minimum Gasteiger partial charge on any atom is -0.497 e. The molecule has 1 unspecified atom stereocenters. The Bertz CT molecular complexity index is 785. The zero-order valence-corrected chi connectivity index (χ0v) is 22.0. The SMILES string of the molecule is CCS(=O)(=O)NCCCNC(=NC)NC1CCN(Cc2cc(OC)cc(OC)c2)C1.I. The summed E-state index contributed by atoms with van der Waals surface area (Å²) < 4.78 is 36.1. The topological polar surface area (TPSA) is 104 Å². The normalized spacial score (nSPS) is 17.2. The van der Waals surface area contributed by atoms with E-state index in [0.717, 1.165) is 49.1 Å². The molecular formula is C20H36IN5O4S. The van der Waals surface area contributed by atoms with Crippen LogP contribution in [0.25, 0.3) is 0 Å². The molecule has 0 bridgehead atoms. The van der Waals surface area contributed by atoms with Crippen molar-refractivity contribution in [1.29, 1.82) is 0 Å². The first-order valence-electron chi connectivity index (χ1n) is 10.3. The number of nitrogens with one attached hydrogen (secondary N) is 3. The Kier molecular flexibility index (Phi) is 12.5. The Labute approximate surface area is 203 Å². The van der Waals surface area contributed by atoms with Gasteiger partial charge in [-0.05, 0) is 37.5 Å². The highest BCUT2D eigenvalue weighted by Crippen LogP contribution is 2.24. The average molecular weight is 570 g/mol. The van der Waals surface area contributed by atoms with Crippen molar-refractivity contribution in [2.45, 2.75) is 32.4 Å². The third-order valence-corrected chi connectivity index (χ3v) is 6.41. The zero-order valence-electron chi connectivity index (χ0n) is 18.8. The number of halogens is 1. The van der Waals surface area contributed by atoms with Gasteiger partial charge in [0.05, 0.1) is 20.0 Å². The quantitative estimate of drug-likeness (QED) is 0.160. The molecule has 0 aromatic heterocycles. The molecule has 0 amide bonds. The molecule has 1 aromatic carbocycles. The maximum absolute atomic E-state index is 11.4. The summed E-state index contributed by atoms with van der Waals surface area (Å²) in [5.41, 5.74) is 1.16. The number of aliphatic imine (C=N–C) groups is 1. The molecule has 1 atom stereocenters. The van der Waals surface area contributed by atoms with Gasteiger partial charge in [0.1, 0.15) is 11.5 Å². The maximum atomic E-state index is 11.4. The minimum atomic E-state index is -3.13. The number of benzene rings is 1. The highest BCUT2D eigenvalue weighted by atomic mass is 127. The highest BCUT2D eigenvalue weighted by molar-refractivity contribution is 14.0. The van der Waals surface area contributed by atoms with E-state index in [1.54, 1.807) is 28.2 Å². The highest BCUT2D eigenvalue weighted by Gasteiger charge is 2.23. The van der Waals surface area contributed by atoms with Crippen molar-refractivity contribution in [2.24, 2.45) is 4.99 Å². The van der Waals surface area contributed by atoms with E-state index in [0.29, 0.717) is 25.6 Å². The van der Waals surface area contributed by atoms with E-state index in [1.165, 1.54) is 0 Å². The lowest BCUT2D eigenvalue weighted by Crippen LogP contribution is -2.45. The first kappa shape index (κ1) is 27.7. The summed E-state index contributed by atoms with van der Waals surface area (Å²) in [4.78, 5) is 6.66. The van der Waals surface area contributed by atoms with Gasteiger partial charge in [-0.2, -0.15) is 0 Å². The first-order valence-corrected chi connectivity index (χ1v) is 11.9. The predicted molar refractivity (Wildman–Crippen MR) is 135 cm³/mol. The number of nitrogens with zero attached hydrogens (tertiary/aromatic N) is 2. The summed E-state index contributed by atoms with van der Waals surface area (Å²) in [6, 6.07) is 6.26. The van der Waals surface area contributed by atoms with Crippen molar-refractivity contribution >= 4 is 40.0 Å². The standard InChI is InChI=1S/C20H35N5O4S.HI/c1-5-30(26,27)23-9-6-8-22-20(21-2)24-17-7-10-25(15-17)14-16-11-18(28-3)13-19(12-16)29-4;/h11-13,17,23H,5-10,14-15H2,1-4H3,(H2,21,22,24);1H. The number of ether oxygens (including phenoxy) is 2. The van der Waals surface area contributed by atoms with Gasteiger partial charge in [-0.1, -0.05) is 0 Å². The predicted octanol–water partition coefficient (Wildman–Crippen LogP) is 1.39. The van der Waals surface area contributed by atoms with Crippen molar-refractivity contribution in [3.05, 3.63) is 23.8 Å². The summed E-state index contributed by atoms with van der Waals surface area (Å²) in [5.74, 6) is 2.43. The minimum absolute atomic E-state index is 0. The fourth-order valence-corrected chi connectivity index (χ4v) is 3.98. The van der Waals surface area contributed by atoms with Gasteiger partial charge < -0.3 is 20.1 Å². The van der Waals surface area contributed by atoms with Crippen LogP contribution >= 0.6 is 24.0 Å². The van der Waals surface area contributed by atoms with E-state index < -0.39 is 10.0 Å². The summed E-state index contributed by atoms with van der Waals surface area (Å²) >= 11 is 0. The molecule has 1 saturated heterocycles. The lowest BCUT2D eigenvalue weighted by molar-refractivity contribution is 0.321. The second kappa shape index (κ2) is 14.0. The smallest absolute Gasteiger partial charge is 0.211 e. The van der Waals surface area contributed by atoms with E-state index in [1.807, 2.05) is 18.2 Å². The number of guanidine groups is 1. The Morgan fingerprint density at radius 2 is 1.87 bits per heavy atom. The number of hydrogen-bond acceptors (Lipinski definition) is 6. The Morgan fingerprint density at radius 1 is 1.19 bits per heavy atom. The molecule has 2 rings (SSSR count). The van der Waals surface area contributed by atoms with E-state index in [4.69, 9.17) is 9.47 Å². The van der Waals surface area contributed by atoms with E-state index >= 15 is 0 Å². The van der Waals surface area contributed by atoms with Gasteiger partial charge in [0.2, 0.25) is 10.0 Å². The molecular weight excluding hydrogens is 533 g/mol. The second-order valence-electron chi connectivity index (χ2n) is 7.24. The van der Waals surface area contributed by atoms with Crippen LogP contribution in [-0.4, -0.2) is 78.5 Å². The fourth-order valence-electron chi connectivity index (χ4n) is 3.32. The summed E-state index contributed by atoms with van der Waals surface area (Å²) in [6.07, 6.45) is 1.71. The van der Waals surface area contributed by atoms with Crippen molar-refractivity contribution in [1.82, 2.24) is 20.3 Å². The van der Waals surface area contributed by atoms with Crippen LogP contribution in [-0.2, 0) is 16.6 Å². The van der Waals surface area contributed by atoms with Crippen LogP contribution in [0.4, 0.5) is 0 Å². The molecule has 31 heavy (non-hydrogen) atoms. The summed E-state index contributed by atoms with van der Waals surface area (Å²) in [7, 11) is 1.93. The first-order chi connectivity index (χ1) is 14.4. The molecule has 1 aliphatic heterocycles. The molecule has 9 nitrogen and oxygen atoms in total. The fraction of sp³-hybridized carbons (Fsp3) is 0.650. The molecule has 0 radical (unpaired) electrons. The number of hydrogen-bond donors (Lipinski definition) is 3. The zero-order chi connectivity index (χ0) is 22.0. The number of sulfonamides is 1. The van der Waals surface area contributed by atoms with Crippen LogP contribution in [0.3, 0.4) is 0 Å². The van der Waals surface area contributed by atoms with Gasteiger partial charge in [-0.3, -0.25) is 9.89 Å². The molecule has 1 fully saturated rings. The van der Waals surface area contributed by atoms with Crippen LogP contribution in [0, 0.1) is 0 Å². The second-order valence-corrected chi connectivity index (χ2v) is 9.33. The third-order valence-electron chi connectivity index (χ3n) is 5.00. The van der Waals surface area contributed by atoms with Gasteiger partial charge in [0, 0.05) is 51.9 Å². The summed E-state index contributed by atoms with van der Waals surface area (Å²) in [5, 5.41) is 6.70. The lowest BCUT2D eigenvalue weighted by Gasteiger charge is -2.19. The van der Waals surface area contributed by atoms with Gasteiger partial charge in [0.25, 0.3) is 0 Å². The number of likely N-dealkylation sites (tertiary alicyclic amines) is 1. The number of methoxy groups -OCH3 is 2. The Balaban J connectivity index is 0.00000480. The largest absolute Gasteiger partial charge is 0.497 e. The molecule has 0 spiro atoms. The third kappa shape index (κ3) is 9.79. The molecule has 0 aliphatic carbocycles. The monoisotopic (exact) mass is 569 g/mol. The van der Waals surface area contributed by atoms with E-state index in [2.05, 4.69) is 25.2 Å². The van der Waals surface area contributed by atoms with Crippen LogP contribution < -0.4 is 24.8 Å². The number of rotatable bonds is 11. The Morgan fingerprint density at radius 3 is 2.45 bits per heavy atom. The van der Waals surface area contributed by atoms with Crippen LogP contribution in [0.2, 0.25) is 0 Å². The Hall–Kier alpha value is -1.31. The van der Waals surface area contributed by atoms with E-state index in [9.17, 15) is 8.42 Å². The molecule has 0 saturated carbocycles. The van der Waals surface area contributed by atoms with Gasteiger partial charge >= 0.3 is 0 Å². The van der Waals surface area contributed by atoms with Crippen LogP contribution in [0.5, 0.6) is 11.5 Å². The maximum Gasteiger partial charge on any atom is 0.211 e. The van der Waals surface area contributed by atoms with Crippen molar-refractivity contribution in [3.63, 3.8) is 0 Å². The van der Waals surface area contributed by atoms with Crippen molar-refractivity contribution in [2.75, 3.05) is 53.2 Å². The molecule has 1 aliphatic rings. The average Bonchev–Trinajstić information content (AvgIpc) is 3.18. The van der Waals surface area contributed by atoms with Gasteiger partial charge in [-0.25, -0.2) is 13.1 Å². The van der Waals surface area contributed by atoms with Crippen LogP contribution in [0.15, 0.2) is 23.2 Å². The molecule has 178 valence electrons. The lowest BCUT2D eigenvalue weighted by atomic mass is 10.2. The van der Waals surface area contributed by atoms with Crippen molar-refractivity contribution < 1.29 is 17.9 Å². The van der Waals surface area contributed by atoms with Gasteiger partial charge in [-0.15, -0.1) is 24.0 Å². The van der Waals surface area contributed by atoms with Crippen molar-refractivity contribution in [3.8, 4) is 11.5 Å². The van der Waals surface area contributed by atoms with Crippen LogP contribution in [0.1, 0.15) is 25.3 Å². The molecule has 11 heteroatoms. The van der Waals surface area contributed by atoms with E-state index in [-0.39, 0.29) is 29.7 Å².